The third kappa shape index (κ3) is 3.90. The van der Waals surface area contributed by atoms with Crippen LogP contribution in [0.5, 0.6) is 0 Å². The monoisotopic (exact) mass is 402 g/mol. The van der Waals surface area contributed by atoms with E-state index in [1.54, 1.807) is 6.07 Å². The molecule has 2 aliphatic rings. The molecule has 1 fully saturated rings. The number of nitrogens with zero attached hydrogens (tertiary/aromatic N) is 2. The van der Waals surface area contributed by atoms with E-state index in [0.29, 0.717) is 18.0 Å². The van der Waals surface area contributed by atoms with Gasteiger partial charge in [0.1, 0.15) is 0 Å². The number of carbonyl (C=O) groups excluding carboxylic acids is 1. The van der Waals surface area contributed by atoms with Gasteiger partial charge in [-0.15, -0.1) is 0 Å². The van der Waals surface area contributed by atoms with Crippen LogP contribution in [0, 0.1) is 0 Å². The lowest BCUT2D eigenvalue weighted by atomic mass is 9.98. The van der Waals surface area contributed by atoms with E-state index in [1.807, 2.05) is 32.0 Å². The first-order valence-corrected chi connectivity index (χ1v) is 10.1. The van der Waals surface area contributed by atoms with Crippen molar-refractivity contribution in [3.8, 4) is 0 Å². The van der Waals surface area contributed by atoms with Crippen LogP contribution in [0.3, 0.4) is 0 Å². The fraction of sp³-hybridized carbons (Fsp3) is 0.435. The van der Waals surface area contributed by atoms with Gasteiger partial charge in [-0.25, -0.2) is 0 Å². The minimum atomic E-state index is -4.47. The van der Waals surface area contributed by atoms with Crippen molar-refractivity contribution in [1.82, 2.24) is 9.80 Å². The van der Waals surface area contributed by atoms with E-state index >= 15 is 0 Å². The summed E-state index contributed by atoms with van der Waals surface area (Å²) in [7, 11) is 0. The van der Waals surface area contributed by atoms with E-state index in [9.17, 15) is 18.0 Å². The third-order valence-corrected chi connectivity index (χ3v) is 6.01. The number of carbonyl (C=O) groups is 1. The second-order valence-electron chi connectivity index (χ2n) is 8.33. The van der Waals surface area contributed by atoms with Gasteiger partial charge in [-0.05, 0) is 61.6 Å². The molecule has 4 rings (SSSR count). The fourth-order valence-corrected chi connectivity index (χ4v) is 4.48. The molecule has 6 heteroatoms. The van der Waals surface area contributed by atoms with Crippen molar-refractivity contribution in [1.29, 1.82) is 0 Å². The Hall–Kier alpha value is -2.34. The Morgan fingerprint density at radius 1 is 1.14 bits per heavy atom. The lowest BCUT2D eigenvalue weighted by molar-refractivity contribution is -0.138. The lowest BCUT2D eigenvalue weighted by Crippen LogP contribution is -2.30. The first kappa shape index (κ1) is 20.0. The first-order chi connectivity index (χ1) is 13.7. The number of fused-ring (bicyclic) bond motifs is 1. The van der Waals surface area contributed by atoms with Gasteiger partial charge in [0.25, 0.3) is 5.91 Å². The Kier molecular flexibility index (Phi) is 5.15. The molecule has 0 aliphatic carbocycles. The SMILES string of the molecule is CC(C)N1Cc2c(cc(CN3CCC(c4ccccc4)C3)cc2C(F)(F)F)C1=O. The standard InChI is InChI=1S/C23H25F3N2O/c1-15(2)28-14-20-19(22(28)29)10-16(11-21(20)23(24,25)26)12-27-9-8-18(13-27)17-6-4-3-5-7-17/h3-7,10-11,15,18H,8-9,12-14H2,1-2H3. The number of alkyl halides is 3. The Labute approximate surface area is 169 Å². The molecule has 0 radical (unpaired) electrons. The van der Waals surface area contributed by atoms with E-state index in [2.05, 4.69) is 17.0 Å². The van der Waals surface area contributed by atoms with Crippen LogP contribution in [0.2, 0.25) is 0 Å². The lowest BCUT2D eigenvalue weighted by Gasteiger charge is -2.20. The summed E-state index contributed by atoms with van der Waals surface area (Å²) in [5, 5.41) is 0. The van der Waals surface area contributed by atoms with E-state index in [-0.39, 0.29) is 29.6 Å². The van der Waals surface area contributed by atoms with Crippen molar-refractivity contribution in [2.45, 2.75) is 51.5 Å². The highest BCUT2D eigenvalue weighted by Crippen LogP contribution is 2.39. The van der Waals surface area contributed by atoms with Crippen molar-refractivity contribution >= 4 is 5.91 Å². The molecule has 0 bridgehead atoms. The zero-order valence-corrected chi connectivity index (χ0v) is 16.7. The van der Waals surface area contributed by atoms with Crippen LogP contribution in [0.1, 0.15) is 58.8 Å². The molecule has 29 heavy (non-hydrogen) atoms. The highest BCUT2D eigenvalue weighted by atomic mass is 19.4. The molecule has 1 amide bonds. The average Bonchev–Trinajstić information content (AvgIpc) is 3.26. The quantitative estimate of drug-likeness (QED) is 0.714. The van der Waals surface area contributed by atoms with Gasteiger partial charge in [0, 0.05) is 31.2 Å². The number of hydrogen-bond acceptors (Lipinski definition) is 2. The van der Waals surface area contributed by atoms with Gasteiger partial charge in [-0.1, -0.05) is 30.3 Å². The molecule has 0 spiro atoms. The van der Waals surface area contributed by atoms with Crippen molar-refractivity contribution in [3.05, 3.63) is 70.3 Å². The topological polar surface area (TPSA) is 23.6 Å². The molecule has 2 aromatic carbocycles. The Balaban J connectivity index is 1.59. The smallest absolute Gasteiger partial charge is 0.332 e. The van der Waals surface area contributed by atoms with Crippen molar-refractivity contribution in [2.24, 2.45) is 0 Å². The number of likely N-dealkylation sites (tertiary alicyclic amines) is 1. The molecule has 3 nitrogen and oxygen atoms in total. The molecule has 2 heterocycles. The van der Waals surface area contributed by atoms with Gasteiger partial charge in [-0.2, -0.15) is 13.2 Å². The number of rotatable bonds is 4. The normalized spacial score (nSPS) is 20.0. The molecule has 0 aromatic heterocycles. The van der Waals surface area contributed by atoms with Gasteiger partial charge >= 0.3 is 6.18 Å². The van der Waals surface area contributed by atoms with Crippen molar-refractivity contribution < 1.29 is 18.0 Å². The van der Waals surface area contributed by atoms with Crippen LogP contribution < -0.4 is 0 Å². The third-order valence-electron chi connectivity index (χ3n) is 6.01. The molecule has 2 aliphatic heterocycles. The predicted molar refractivity (Wildman–Crippen MR) is 106 cm³/mol. The minimum absolute atomic E-state index is 0.0285. The maximum Gasteiger partial charge on any atom is 0.416 e. The van der Waals surface area contributed by atoms with E-state index in [4.69, 9.17) is 0 Å². The number of amides is 1. The van der Waals surface area contributed by atoms with Gasteiger partial charge in [-0.3, -0.25) is 9.69 Å². The maximum absolute atomic E-state index is 13.7. The summed E-state index contributed by atoms with van der Waals surface area (Å²) in [5.41, 5.74) is 1.48. The zero-order chi connectivity index (χ0) is 20.8. The number of hydrogen-bond donors (Lipinski definition) is 0. The number of halogens is 3. The minimum Gasteiger partial charge on any atom is -0.332 e. The first-order valence-electron chi connectivity index (χ1n) is 10.1. The molecule has 154 valence electrons. The molecular weight excluding hydrogens is 377 g/mol. The largest absolute Gasteiger partial charge is 0.416 e. The van der Waals surface area contributed by atoms with E-state index < -0.39 is 11.7 Å². The summed E-state index contributed by atoms with van der Waals surface area (Å²) in [6.45, 7) is 5.76. The molecular formula is C23H25F3N2O. The molecule has 0 N–H and O–H groups in total. The Bertz CT molecular complexity index is 908. The summed E-state index contributed by atoms with van der Waals surface area (Å²) in [6, 6.07) is 13.0. The Morgan fingerprint density at radius 3 is 2.52 bits per heavy atom. The summed E-state index contributed by atoms with van der Waals surface area (Å²) in [5.74, 6) is 0.0942. The van der Waals surface area contributed by atoms with Gasteiger partial charge in [0.05, 0.1) is 5.56 Å². The van der Waals surface area contributed by atoms with Crippen LogP contribution in [-0.2, 0) is 19.3 Å². The molecule has 1 saturated heterocycles. The second-order valence-corrected chi connectivity index (χ2v) is 8.33. The molecule has 1 unspecified atom stereocenters. The van der Waals surface area contributed by atoms with Crippen LogP contribution in [0.4, 0.5) is 13.2 Å². The Morgan fingerprint density at radius 2 is 1.86 bits per heavy atom. The maximum atomic E-state index is 13.7. The van der Waals surface area contributed by atoms with Crippen LogP contribution in [-0.4, -0.2) is 34.8 Å². The zero-order valence-electron chi connectivity index (χ0n) is 16.7. The highest BCUT2D eigenvalue weighted by Gasteiger charge is 2.40. The van der Waals surface area contributed by atoms with Crippen LogP contribution >= 0.6 is 0 Å². The van der Waals surface area contributed by atoms with Crippen molar-refractivity contribution in [2.75, 3.05) is 13.1 Å². The summed E-state index contributed by atoms with van der Waals surface area (Å²) < 4.78 is 41.2. The fourth-order valence-electron chi connectivity index (χ4n) is 4.48. The van der Waals surface area contributed by atoms with Crippen LogP contribution in [0.15, 0.2) is 42.5 Å². The van der Waals surface area contributed by atoms with Gasteiger partial charge in [0.15, 0.2) is 0 Å². The highest BCUT2D eigenvalue weighted by molar-refractivity contribution is 5.99. The second kappa shape index (κ2) is 7.48. The van der Waals surface area contributed by atoms with Crippen LogP contribution in [0.25, 0.3) is 0 Å². The molecule has 2 aromatic rings. The predicted octanol–water partition coefficient (Wildman–Crippen LogP) is 5.06. The molecule has 0 saturated carbocycles. The summed E-state index contributed by atoms with van der Waals surface area (Å²) in [4.78, 5) is 16.4. The van der Waals surface area contributed by atoms with E-state index in [0.717, 1.165) is 19.5 Å². The van der Waals surface area contributed by atoms with Gasteiger partial charge < -0.3 is 4.90 Å². The van der Waals surface area contributed by atoms with E-state index in [1.165, 1.54) is 16.5 Å². The average molecular weight is 402 g/mol. The summed E-state index contributed by atoms with van der Waals surface area (Å²) in [6.07, 6.45) is -3.48. The van der Waals surface area contributed by atoms with Crippen molar-refractivity contribution in [3.63, 3.8) is 0 Å². The number of benzene rings is 2. The van der Waals surface area contributed by atoms with Gasteiger partial charge in [0.2, 0.25) is 0 Å². The molecule has 1 atom stereocenters. The summed E-state index contributed by atoms with van der Waals surface area (Å²) >= 11 is 0.